The first-order chi connectivity index (χ1) is 8.56. The van der Waals surface area contributed by atoms with Crippen LogP contribution in [0.3, 0.4) is 0 Å². The molecule has 1 unspecified atom stereocenters. The number of hydrogen-bond acceptors (Lipinski definition) is 3. The number of benzene rings is 1. The summed E-state index contributed by atoms with van der Waals surface area (Å²) in [5.74, 6) is -0.196. The normalized spacial score (nSPS) is 12.2. The first kappa shape index (κ1) is 12.3. The molecule has 0 bridgehead atoms. The molecule has 18 heavy (non-hydrogen) atoms. The quantitative estimate of drug-likeness (QED) is 0.856. The number of amides is 1. The maximum atomic E-state index is 11.5. The van der Waals surface area contributed by atoms with Crippen LogP contribution in [0.15, 0.2) is 36.7 Å². The third-order valence-corrected chi connectivity index (χ3v) is 2.58. The molecule has 0 saturated heterocycles. The molecule has 0 fully saturated rings. The first-order valence-electron chi connectivity index (χ1n) is 5.72. The zero-order valence-electron chi connectivity index (χ0n) is 10.4. The second kappa shape index (κ2) is 5.01. The summed E-state index contributed by atoms with van der Waals surface area (Å²) in [6.45, 7) is 1.65. The number of anilines is 1. The van der Waals surface area contributed by atoms with Gasteiger partial charge in [0.15, 0.2) is 0 Å². The van der Waals surface area contributed by atoms with Gasteiger partial charge in [0.2, 0.25) is 5.91 Å². The Hall–Kier alpha value is -2.14. The number of nitrogens with zero attached hydrogens (tertiary/aromatic N) is 2. The van der Waals surface area contributed by atoms with Crippen molar-refractivity contribution in [1.82, 2.24) is 9.78 Å². The molecule has 0 aliphatic rings. The second-order valence-electron chi connectivity index (χ2n) is 4.26. The average molecular weight is 244 g/mol. The predicted octanol–water partition coefficient (Wildman–Crippen LogP) is 1.37. The van der Waals surface area contributed by atoms with Gasteiger partial charge in [-0.2, -0.15) is 5.10 Å². The van der Waals surface area contributed by atoms with Gasteiger partial charge in [0.05, 0.1) is 12.2 Å². The van der Waals surface area contributed by atoms with Crippen LogP contribution in [0, 0.1) is 0 Å². The van der Waals surface area contributed by atoms with Crippen molar-refractivity contribution in [2.45, 2.75) is 13.0 Å². The molecule has 1 aromatic heterocycles. The predicted molar refractivity (Wildman–Crippen MR) is 70.9 cm³/mol. The number of nitrogens with one attached hydrogen (secondary N) is 1. The first-order valence-corrected chi connectivity index (χ1v) is 5.72. The molecule has 0 aliphatic carbocycles. The number of hydrogen-bond donors (Lipinski definition) is 2. The van der Waals surface area contributed by atoms with Crippen LogP contribution < -0.4 is 11.1 Å². The summed E-state index contributed by atoms with van der Waals surface area (Å²) in [7, 11) is 1.87. The molecule has 0 spiro atoms. The Bertz CT molecular complexity index is 560. The highest BCUT2D eigenvalue weighted by Gasteiger charge is 2.08. The van der Waals surface area contributed by atoms with Gasteiger partial charge >= 0.3 is 0 Å². The number of aryl methyl sites for hydroxylation is 1. The van der Waals surface area contributed by atoms with Crippen molar-refractivity contribution in [3.8, 4) is 11.1 Å². The minimum absolute atomic E-state index is 0.196. The monoisotopic (exact) mass is 244 g/mol. The lowest BCUT2D eigenvalue weighted by Gasteiger charge is -2.08. The van der Waals surface area contributed by atoms with Crippen LogP contribution in [0.2, 0.25) is 0 Å². The molecular weight excluding hydrogens is 228 g/mol. The van der Waals surface area contributed by atoms with Gasteiger partial charge in [0.25, 0.3) is 0 Å². The molecular formula is C13H16N4O. The van der Waals surface area contributed by atoms with Crippen LogP contribution >= 0.6 is 0 Å². The Labute approximate surface area is 106 Å². The average Bonchev–Trinajstić information content (AvgIpc) is 2.76. The van der Waals surface area contributed by atoms with E-state index in [1.165, 1.54) is 0 Å². The minimum atomic E-state index is -0.521. The van der Waals surface area contributed by atoms with E-state index < -0.39 is 6.04 Å². The maximum Gasteiger partial charge on any atom is 0.240 e. The van der Waals surface area contributed by atoms with Gasteiger partial charge in [-0.25, -0.2) is 0 Å². The van der Waals surface area contributed by atoms with E-state index in [4.69, 9.17) is 5.73 Å². The Morgan fingerprint density at radius 3 is 2.83 bits per heavy atom. The van der Waals surface area contributed by atoms with Crippen molar-refractivity contribution in [2.24, 2.45) is 12.8 Å². The van der Waals surface area contributed by atoms with Gasteiger partial charge < -0.3 is 11.1 Å². The van der Waals surface area contributed by atoms with Crippen LogP contribution in [-0.2, 0) is 11.8 Å². The molecule has 1 heterocycles. The van der Waals surface area contributed by atoms with Gasteiger partial charge in [-0.3, -0.25) is 9.48 Å². The Morgan fingerprint density at radius 2 is 2.22 bits per heavy atom. The summed E-state index contributed by atoms with van der Waals surface area (Å²) >= 11 is 0. The highest BCUT2D eigenvalue weighted by molar-refractivity contribution is 5.94. The van der Waals surface area contributed by atoms with Crippen molar-refractivity contribution in [1.29, 1.82) is 0 Å². The van der Waals surface area contributed by atoms with E-state index in [2.05, 4.69) is 10.4 Å². The lowest BCUT2D eigenvalue weighted by Crippen LogP contribution is -2.32. The highest BCUT2D eigenvalue weighted by atomic mass is 16.2. The van der Waals surface area contributed by atoms with E-state index in [1.807, 2.05) is 37.5 Å². The van der Waals surface area contributed by atoms with Gasteiger partial charge in [-0.05, 0) is 24.6 Å². The van der Waals surface area contributed by atoms with Crippen LogP contribution in [0.1, 0.15) is 6.92 Å². The Kier molecular flexibility index (Phi) is 3.43. The minimum Gasteiger partial charge on any atom is -0.325 e. The number of nitrogens with two attached hydrogens (primary N) is 1. The SMILES string of the molecule is CC(N)C(=O)Nc1cccc(-c2cnn(C)c2)c1. The van der Waals surface area contributed by atoms with Crippen molar-refractivity contribution >= 4 is 11.6 Å². The molecule has 0 saturated carbocycles. The smallest absolute Gasteiger partial charge is 0.240 e. The third-order valence-electron chi connectivity index (χ3n) is 2.58. The molecule has 1 atom stereocenters. The Morgan fingerprint density at radius 1 is 1.44 bits per heavy atom. The van der Waals surface area contributed by atoms with E-state index >= 15 is 0 Å². The van der Waals surface area contributed by atoms with E-state index in [1.54, 1.807) is 17.8 Å². The molecule has 1 aromatic carbocycles. The van der Waals surface area contributed by atoms with Crippen molar-refractivity contribution in [3.05, 3.63) is 36.7 Å². The summed E-state index contributed by atoms with van der Waals surface area (Å²) in [4.78, 5) is 11.5. The number of rotatable bonds is 3. The summed E-state index contributed by atoms with van der Waals surface area (Å²) in [5, 5.41) is 6.89. The van der Waals surface area contributed by atoms with Crippen LogP contribution in [0.5, 0.6) is 0 Å². The van der Waals surface area contributed by atoms with Crippen LogP contribution in [0.25, 0.3) is 11.1 Å². The maximum absolute atomic E-state index is 11.5. The highest BCUT2D eigenvalue weighted by Crippen LogP contribution is 2.21. The fourth-order valence-corrected chi connectivity index (χ4v) is 1.60. The fourth-order valence-electron chi connectivity index (χ4n) is 1.60. The summed E-state index contributed by atoms with van der Waals surface area (Å²) in [6.07, 6.45) is 3.71. The zero-order chi connectivity index (χ0) is 13.1. The largest absolute Gasteiger partial charge is 0.325 e. The van der Waals surface area contributed by atoms with Crippen LogP contribution in [-0.4, -0.2) is 21.7 Å². The van der Waals surface area contributed by atoms with E-state index in [0.29, 0.717) is 0 Å². The molecule has 5 nitrogen and oxygen atoms in total. The van der Waals surface area contributed by atoms with E-state index in [9.17, 15) is 4.79 Å². The molecule has 5 heteroatoms. The summed E-state index contributed by atoms with van der Waals surface area (Å²) < 4.78 is 1.74. The molecule has 0 radical (unpaired) electrons. The van der Waals surface area contributed by atoms with Crippen molar-refractivity contribution < 1.29 is 4.79 Å². The molecule has 2 aromatic rings. The van der Waals surface area contributed by atoms with Gasteiger partial charge in [0, 0.05) is 24.5 Å². The zero-order valence-corrected chi connectivity index (χ0v) is 10.4. The van der Waals surface area contributed by atoms with E-state index in [-0.39, 0.29) is 5.91 Å². The second-order valence-corrected chi connectivity index (χ2v) is 4.26. The summed E-state index contributed by atoms with van der Waals surface area (Å²) in [5.41, 5.74) is 8.26. The van der Waals surface area contributed by atoms with Gasteiger partial charge in [-0.15, -0.1) is 0 Å². The lowest BCUT2D eigenvalue weighted by atomic mass is 10.1. The number of aromatic nitrogens is 2. The summed E-state index contributed by atoms with van der Waals surface area (Å²) in [6, 6.07) is 7.07. The topological polar surface area (TPSA) is 72.9 Å². The molecule has 2 rings (SSSR count). The lowest BCUT2D eigenvalue weighted by molar-refractivity contribution is -0.117. The van der Waals surface area contributed by atoms with Crippen molar-refractivity contribution in [3.63, 3.8) is 0 Å². The fraction of sp³-hybridized carbons (Fsp3) is 0.231. The molecule has 0 aliphatic heterocycles. The van der Waals surface area contributed by atoms with Crippen molar-refractivity contribution in [2.75, 3.05) is 5.32 Å². The van der Waals surface area contributed by atoms with Gasteiger partial charge in [0.1, 0.15) is 0 Å². The Balaban J connectivity index is 2.23. The molecule has 94 valence electrons. The standard InChI is InChI=1S/C13H16N4O/c1-9(14)13(18)16-12-5-3-4-10(6-12)11-7-15-17(2)8-11/h3-9H,14H2,1-2H3,(H,16,18). The molecule has 3 N–H and O–H groups in total. The van der Waals surface area contributed by atoms with Crippen LogP contribution in [0.4, 0.5) is 5.69 Å². The van der Waals surface area contributed by atoms with E-state index in [0.717, 1.165) is 16.8 Å². The number of carbonyl (C=O) groups excluding carboxylic acids is 1. The molecule has 1 amide bonds. The third kappa shape index (κ3) is 2.75. The van der Waals surface area contributed by atoms with Gasteiger partial charge in [-0.1, -0.05) is 12.1 Å². The number of carbonyl (C=O) groups is 1.